The highest BCUT2D eigenvalue weighted by atomic mass is 19.1. The molecule has 1 fully saturated rings. The molecule has 0 N–H and O–H groups in total. The van der Waals surface area contributed by atoms with E-state index in [1.807, 2.05) is 6.07 Å². The summed E-state index contributed by atoms with van der Waals surface area (Å²) >= 11 is 0. The van der Waals surface area contributed by atoms with E-state index in [2.05, 4.69) is 6.92 Å². The molecule has 18 heavy (non-hydrogen) atoms. The molecule has 0 aliphatic carbocycles. The average Bonchev–Trinajstić information content (AvgIpc) is 2.40. The van der Waals surface area contributed by atoms with Gasteiger partial charge in [0, 0.05) is 0 Å². The van der Waals surface area contributed by atoms with E-state index in [1.54, 1.807) is 12.1 Å². The van der Waals surface area contributed by atoms with Crippen molar-refractivity contribution in [3.63, 3.8) is 0 Å². The number of unbranched alkanes of at least 4 members (excludes halogenated alkanes) is 2. The number of ether oxygens (including phenoxy) is 1. The van der Waals surface area contributed by atoms with Gasteiger partial charge in [-0.15, -0.1) is 0 Å². The van der Waals surface area contributed by atoms with Gasteiger partial charge in [-0.1, -0.05) is 38.3 Å². The molecule has 1 aliphatic heterocycles. The lowest BCUT2D eigenvalue weighted by Crippen LogP contribution is -2.20. The van der Waals surface area contributed by atoms with Crippen molar-refractivity contribution in [1.29, 1.82) is 0 Å². The Labute approximate surface area is 109 Å². The molecule has 0 saturated carbocycles. The molecule has 2 unspecified atom stereocenters. The lowest BCUT2D eigenvalue weighted by Gasteiger charge is -2.29. The zero-order valence-corrected chi connectivity index (χ0v) is 11.2. The van der Waals surface area contributed by atoms with Crippen molar-refractivity contribution in [2.45, 2.75) is 51.6 Å². The van der Waals surface area contributed by atoms with Crippen LogP contribution in [0.4, 0.5) is 4.39 Å². The third kappa shape index (κ3) is 3.81. The smallest absolute Gasteiger partial charge is 0.123 e. The lowest BCUT2D eigenvalue weighted by molar-refractivity contribution is -0.0200. The van der Waals surface area contributed by atoms with E-state index in [0.29, 0.717) is 5.92 Å². The Bertz CT molecular complexity index is 356. The molecule has 1 aromatic carbocycles. The Balaban J connectivity index is 1.79. The number of hydrogen-bond donors (Lipinski definition) is 0. The van der Waals surface area contributed by atoms with Gasteiger partial charge in [0.2, 0.25) is 0 Å². The molecular formula is C16H23FO. The van der Waals surface area contributed by atoms with Gasteiger partial charge in [-0.2, -0.15) is 0 Å². The van der Waals surface area contributed by atoms with E-state index in [-0.39, 0.29) is 11.9 Å². The maximum Gasteiger partial charge on any atom is 0.123 e. The molecule has 100 valence electrons. The molecule has 1 heterocycles. The molecule has 0 amide bonds. The predicted molar refractivity (Wildman–Crippen MR) is 72.0 cm³/mol. The third-order valence-corrected chi connectivity index (χ3v) is 3.81. The van der Waals surface area contributed by atoms with Crippen LogP contribution in [0, 0.1) is 11.7 Å². The lowest BCUT2D eigenvalue weighted by atomic mass is 9.91. The maximum atomic E-state index is 13.1. The van der Waals surface area contributed by atoms with Crippen molar-refractivity contribution in [2.24, 2.45) is 5.92 Å². The van der Waals surface area contributed by atoms with Crippen LogP contribution in [0.3, 0.4) is 0 Å². The van der Waals surface area contributed by atoms with Crippen LogP contribution in [-0.4, -0.2) is 6.61 Å². The molecular weight excluding hydrogens is 227 g/mol. The molecule has 0 aromatic heterocycles. The summed E-state index contributed by atoms with van der Waals surface area (Å²) < 4.78 is 19.0. The van der Waals surface area contributed by atoms with Crippen molar-refractivity contribution in [3.05, 3.63) is 35.6 Å². The van der Waals surface area contributed by atoms with Gasteiger partial charge in [0.1, 0.15) is 5.82 Å². The molecule has 0 radical (unpaired) electrons. The normalized spacial score (nSPS) is 24.1. The number of halogens is 1. The van der Waals surface area contributed by atoms with Crippen molar-refractivity contribution < 1.29 is 9.13 Å². The van der Waals surface area contributed by atoms with Crippen LogP contribution in [-0.2, 0) is 4.74 Å². The Kier molecular flexibility index (Phi) is 5.18. The first kappa shape index (κ1) is 13.5. The highest BCUT2D eigenvalue weighted by Gasteiger charge is 2.22. The van der Waals surface area contributed by atoms with Gasteiger partial charge in [-0.3, -0.25) is 0 Å². The van der Waals surface area contributed by atoms with Crippen LogP contribution in [0.5, 0.6) is 0 Å². The fourth-order valence-corrected chi connectivity index (χ4v) is 2.69. The van der Waals surface area contributed by atoms with Gasteiger partial charge in [0.05, 0.1) is 12.7 Å². The van der Waals surface area contributed by atoms with E-state index in [1.165, 1.54) is 38.2 Å². The van der Waals surface area contributed by atoms with E-state index < -0.39 is 0 Å². The highest BCUT2D eigenvalue weighted by molar-refractivity contribution is 5.19. The summed E-state index contributed by atoms with van der Waals surface area (Å²) in [6.07, 6.45) is 7.54. The zero-order chi connectivity index (χ0) is 12.8. The largest absolute Gasteiger partial charge is 0.373 e. The van der Waals surface area contributed by atoms with E-state index in [9.17, 15) is 4.39 Å². The second kappa shape index (κ2) is 6.89. The first-order valence-electron chi connectivity index (χ1n) is 7.16. The Morgan fingerprint density at radius 3 is 2.83 bits per heavy atom. The Morgan fingerprint density at radius 2 is 2.17 bits per heavy atom. The van der Waals surface area contributed by atoms with Crippen molar-refractivity contribution >= 4 is 0 Å². The summed E-state index contributed by atoms with van der Waals surface area (Å²) in [5, 5.41) is 0. The third-order valence-electron chi connectivity index (χ3n) is 3.81. The SMILES string of the molecule is CCCCCC1CCC(c2cccc(F)c2)OC1. The predicted octanol–water partition coefficient (Wildman–Crippen LogP) is 4.87. The van der Waals surface area contributed by atoms with E-state index in [4.69, 9.17) is 4.74 Å². The molecule has 2 atom stereocenters. The van der Waals surface area contributed by atoms with E-state index >= 15 is 0 Å². The van der Waals surface area contributed by atoms with Crippen molar-refractivity contribution in [1.82, 2.24) is 0 Å². The zero-order valence-electron chi connectivity index (χ0n) is 11.2. The monoisotopic (exact) mass is 250 g/mol. The molecule has 2 rings (SSSR count). The van der Waals surface area contributed by atoms with Gasteiger partial charge in [0.15, 0.2) is 0 Å². The molecule has 1 aromatic rings. The Morgan fingerprint density at radius 1 is 1.28 bits per heavy atom. The minimum atomic E-state index is -0.166. The molecule has 1 aliphatic rings. The molecule has 2 heteroatoms. The second-order valence-corrected chi connectivity index (χ2v) is 5.32. The van der Waals surface area contributed by atoms with Crippen LogP contribution in [0.25, 0.3) is 0 Å². The molecule has 1 saturated heterocycles. The van der Waals surface area contributed by atoms with E-state index in [0.717, 1.165) is 18.6 Å². The highest BCUT2D eigenvalue weighted by Crippen LogP contribution is 2.32. The van der Waals surface area contributed by atoms with Crippen LogP contribution in [0.15, 0.2) is 24.3 Å². The van der Waals surface area contributed by atoms with Gasteiger partial charge in [-0.05, 0) is 42.9 Å². The summed E-state index contributed by atoms with van der Waals surface area (Å²) in [7, 11) is 0. The fourth-order valence-electron chi connectivity index (χ4n) is 2.69. The molecule has 0 spiro atoms. The number of rotatable bonds is 5. The van der Waals surface area contributed by atoms with Gasteiger partial charge in [-0.25, -0.2) is 4.39 Å². The van der Waals surface area contributed by atoms with Crippen LogP contribution >= 0.6 is 0 Å². The van der Waals surface area contributed by atoms with Crippen LogP contribution in [0.2, 0.25) is 0 Å². The molecule has 1 nitrogen and oxygen atoms in total. The fraction of sp³-hybridized carbons (Fsp3) is 0.625. The minimum absolute atomic E-state index is 0.100. The van der Waals surface area contributed by atoms with Gasteiger partial charge >= 0.3 is 0 Å². The van der Waals surface area contributed by atoms with Crippen LogP contribution in [0.1, 0.15) is 57.1 Å². The van der Waals surface area contributed by atoms with Crippen molar-refractivity contribution in [2.75, 3.05) is 6.61 Å². The van der Waals surface area contributed by atoms with Crippen LogP contribution < -0.4 is 0 Å². The summed E-state index contributed by atoms with van der Waals surface area (Å²) in [6, 6.07) is 6.81. The van der Waals surface area contributed by atoms with Gasteiger partial charge in [0.25, 0.3) is 0 Å². The Hall–Kier alpha value is -0.890. The second-order valence-electron chi connectivity index (χ2n) is 5.32. The first-order valence-corrected chi connectivity index (χ1v) is 7.16. The maximum absolute atomic E-state index is 13.1. The topological polar surface area (TPSA) is 9.23 Å². The number of hydrogen-bond acceptors (Lipinski definition) is 1. The molecule has 0 bridgehead atoms. The standard InChI is InChI=1S/C16H23FO/c1-2-3-4-6-13-9-10-16(18-12-13)14-7-5-8-15(17)11-14/h5,7-8,11,13,16H,2-4,6,9-10,12H2,1H3. The minimum Gasteiger partial charge on any atom is -0.373 e. The number of benzene rings is 1. The van der Waals surface area contributed by atoms with Gasteiger partial charge < -0.3 is 4.74 Å². The average molecular weight is 250 g/mol. The summed E-state index contributed by atoms with van der Waals surface area (Å²) in [6.45, 7) is 3.07. The summed E-state index contributed by atoms with van der Waals surface area (Å²) in [5.74, 6) is 0.544. The summed E-state index contributed by atoms with van der Waals surface area (Å²) in [5.41, 5.74) is 0.988. The first-order chi connectivity index (χ1) is 8.79. The van der Waals surface area contributed by atoms with Crippen molar-refractivity contribution in [3.8, 4) is 0 Å². The summed E-state index contributed by atoms with van der Waals surface area (Å²) in [4.78, 5) is 0. The quantitative estimate of drug-likeness (QED) is 0.677.